The molecule has 2 aromatic rings. The molecule has 2 aromatic heterocycles. The van der Waals surface area contributed by atoms with Crippen molar-refractivity contribution in [3.05, 3.63) is 30.1 Å². The van der Waals surface area contributed by atoms with Crippen LogP contribution in [0.5, 0.6) is 5.88 Å². The number of amides is 2. The SMILES string of the molecule is O=C(C[C@H](O)C(F)(F)F)c1ccc2c(n1)N(C(=O)Nc1nccc(OC[C@H](O)CO)n1)[C@H]1CCN2C1. The minimum Gasteiger partial charge on any atom is -0.475 e. The quantitative estimate of drug-likeness (QED) is 0.371. The number of nitrogens with zero attached hydrogens (tertiary/aromatic N) is 5. The van der Waals surface area contributed by atoms with E-state index in [1.165, 1.54) is 29.3 Å². The van der Waals surface area contributed by atoms with Crippen LogP contribution in [0, 0.1) is 0 Å². The molecule has 4 rings (SSSR count). The van der Waals surface area contributed by atoms with Crippen LogP contribution in [0.25, 0.3) is 0 Å². The number of Topliss-reactive ketones (excluding diaryl/α,β-unsaturated/α-hetero) is 1. The molecule has 3 atom stereocenters. The first-order chi connectivity index (χ1) is 17.1. The Morgan fingerprint density at radius 2 is 2.00 bits per heavy atom. The molecule has 4 N–H and O–H groups in total. The molecule has 0 unspecified atom stereocenters. The summed E-state index contributed by atoms with van der Waals surface area (Å²) >= 11 is 0. The lowest BCUT2D eigenvalue weighted by atomic mass is 10.1. The van der Waals surface area contributed by atoms with E-state index in [1.807, 2.05) is 4.90 Å². The Balaban J connectivity index is 1.55. The normalized spacial score (nSPS) is 18.4. The molecule has 15 heteroatoms. The Hall–Kier alpha value is -3.56. The van der Waals surface area contributed by atoms with E-state index in [9.17, 15) is 33.0 Å². The highest BCUT2D eigenvalue weighted by Crippen LogP contribution is 2.39. The molecule has 0 aromatic carbocycles. The van der Waals surface area contributed by atoms with Crippen LogP contribution in [-0.4, -0.2) is 92.8 Å². The fourth-order valence-corrected chi connectivity index (χ4v) is 3.90. The van der Waals surface area contributed by atoms with Crippen LogP contribution in [0.4, 0.5) is 35.4 Å². The van der Waals surface area contributed by atoms with Gasteiger partial charge in [0.2, 0.25) is 11.8 Å². The number of carbonyl (C=O) groups excluding carboxylic acids is 2. The van der Waals surface area contributed by atoms with Gasteiger partial charge in [-0.15, -0.1) is 0 Å². The maximum absolute atomic E-state index is 13.2. The van der Waals surface area contributed by atoms with Crippen molar-refractivity contribution in [2.45, 2.75) is 37.3 Å². The number of anilines is 3. The van der Waals surface area contributed by atoms with E-state index in [1.54, 1.807) is 0 Å². The number of halogens is 3. The van der Waals surface area contributed by atoms with Crippen molar-refractivity contribution < 1.29 is 42.8 Å². The number of alkyl halides is 3. The minimum absolute atomic E-state index is 0.0353. The molecule has 2 bridgehead atoms. The standard InChI is InChI=1S/C21H23F3N6O6/c22-21(23,24)16(34)7-15(33)13-1-2-14-18(26-13)30(11-4-6-29(14)8-11)20(35)28-19-25-5-3-17(27-19)36-10-12(32)9-31/h1-3,5,11-12,16,31-32,34H,4,6-10H2,(H,25,27,28,35)/t11-,12+,16-/m0/s1. The molecule has 2 aliphatic heterocycles. The first-order valence-electron chi connectivity index (χ1n) is 11.0. The van der Waals surface area contributed by atoms with Gasteiger partial charge in [-0.3, -0.25) is 15.0 Å². The molecule has 0 radical (unpaired) electrons. The van der Waals surface area contributed by atoms with Crippen molar-refractivity contribution >= 4 is 29.3 Å². The summed E-state index contributed by atoms with van der Waals surface area (Å²) in [4.78, 5) is 41.0. The first-order valence-corrected chi connectivity index (χ1v) is 11.0. The predicted octanol–water partition coefficient (Wildman–Crippen LogP) is 0.730. The number of ether oxygens (including phenoxy) is 1. The van der Waals surface area contributed by atoms with E-state index in [2.05, 4.69) is 20.3 Å². The van der Waals surface area contributed by atoms with Gasteiger partial charge in [0.25, 0.3) is 0 Å². The highest BCUT2D eigenvalue weighted by atomic mass is 19.4. The molecule has 2 aliphatic rings. The number of rotatable bonds is 8. The summed E-state index contributed by atoms with van der Waals surface area (Å²) in [5, 5.41) is 30.1. The van der Waals surface area contributed by atoms with Gasteiger partial charge < -0.3 is 25.0 Å². The lowest BCUT2D eigenvalue weighted by molar-refractivity contribution is -0.202. The summed E-state index contributed by atoms with van der Waals surface area (Å²) in [7, 11) is 0. The molecule has 194 valence electrons. The Morgan fingerprint density at radius 1 is 1.22 bits per heavy atom. The van der Waals surface area contributed by atoms with E-state index < -0.39 is 43.2 Å². The Kier molecular flexibility index (Phi) is 7.23. The highest BCUT2D eigenvalue weighted by Gasteiger charge is 2.42. The summed E-state index contributed by atoms with van der Waals surface area (Å²) in [6.07, 6.45) is -8.19. The van der Waals surface area contributed by atoms with E-state index in [0.717, 1.165) is 0 Å². The molecule has 12 nitrogen and oxygen atoms in total. The van der Waals surface area contributed by atoms with Crippen molar-refractivity contribution in [2.75, 3.05) is 41.4 Å². The van der Waals surface area contributed by atoms with Crippen molar-refractivity contribution in [1.29, 1.82) is 0 Å². The molecule has 4 heterocycles. The average Bonchev–Trinajstić information content (AvgIpc) is 3.25. The van der Waals surface area contributed by atoms with Crippen molar-refractivity contribution in [3.8, 4) is 5.88 Å². The third-order valence-electron chi connectivity index (χ3n) is 5.70. The number of nitrogens with one attached hydrogen (secondary N) is 1. The van der Waals surface area contributed by atoms with E-state index in [-0.39, 0.29) is 36.0 Å². The molecular weight excluding hydrogens is 489 g/mol. The second-order valence-electron chi connectivity index (χ2n) is 8.28. The lowest BCUT2D eigenvalue weighted by Gasteiger charge is -2.35. The van der Waals surface area contributed by atoms with Crippen LogP contribution in [0.2, 0.25) is 0 Å². The molecule has 0 spiro atoms. The summed E-state index contributed by atoms with van der Waals surface area (Å²) in [6, 6.07) is 3.16. The van der Waals surface area contributed by atoms with Crippen LogP contribution < -0.4 is 19.9 Å². The lowest BCUT2D eigenvalue weighted by Crippen LogP contribution is -2.48. The van der Waals surface area contributed by atoms with Gasteiger partial charge in [-0.05, 0) is 18.6 Å². The van der Waals surface area contributed by atoms with Gasteiger partial charge in [0, 0.05) is 31.8 Å². The number of carbonyl (C=O) groups is 2. The van der Waals surface area contributed by atoms with Crippen LogP contribution in [0.1, 0.15) is 23.3 Å². The summed E-state index contributed by atoms with van der Waals surface area (Å²) < 4.78 is 43.3. The molecule has 1 saturated heterocycles. The molecule has 0 aliphatic carbocycles. The number of ketones is 1. The van der Waals surface area contributed by atoms with E-state index in [0.29, 0.717) is 25.2 Å². The van der Waals surface area contributed by atoms with Gasteiger partial charge in [0.15, 0.2) is 17.7 Å². The van der Waals surface area contributed by atoms with E-state index in [4.69, 9.17) is 9.84 Å². The Bertz CT molecular complexity index is 1140. The number of urea groups is 1. The summed E-state index contributed by atoms with van der Waals surface area (Å²) in [5.74, 6) is -1.02. The fraction of sp³-hybridized carbons (Fsp3) is 0.476. The fourth-order valence-electron chi connectivity index (χ4n) is 3.90. The number of pyridine rings is 1. The van der Waals surface area contributed by atoms with Crippen LogP contribution in [0.15, 0.2) is 24.4 Å². The second kappa shape index (κ2) is 10.2. The Morgan fingerprint density at radius 3 is 2.72 bits per heavy atom. The zero-order chi connectivity index (χ0) is 26.0. The molecule has 1 fully saturated rings. The number of aromatic nitrogens is 3. The van der Waals surface area contributed by atoms with Gasteiger partial charge in [-0.1, -0.05) is 0 Å². The topological polar surface area (TPSA) is 161 Å². The average molecular weight is 512 g/mol. The number of aliphatic hydroxyl groups excluding tert-OH is 3. The van der Waals surface area contributed by atoms with Crippen molar-refractivity contribution in [1.82, 2.24) is 15.0 Å². The zero-order valence-corrected chi connectivity index (χ0v) is 18.7. The molecular formula is C21H23F3N6O6. The summed E-state index contributed by atoms with van der Waals surface area (Å²) in [5.41, 5.74) is 0.217. The number of hydrogen-bond acceptors (Lipinski definition) is 10. The summed E-state index contributed by atoms with van der Waals surface area (Å²) in [6.45, 7) is 0.359. The number of hydrogen-bond donors (Lipinski definition) is 4. The maximum atomic E-state index is 13.2. The van der Waals surface area contributed by atoms with Crippen LogP contribution in [0.3, 0.4) is 0 Å². The van der Waals surface area contributed by atoms with Crippen molar-refractivity contribution in [2.24, 2.45) is 0 Å². The van der Waals surface area contributed by atoms with Crippen LogP contribution in [-0.2, 0) is 0 Å². The largest absolute Gasteiger partial charge is 0.475 e. The monoisotopic (exact) mass is 512 g/mol. The van der Waals surface area contributed by atoms with Gasteiger partial charge in [0.05, 0.1) is 18.3 Å². The molecule has 0 saturated carbocycles. The van der Waals surface area contributed by atoms with Crippen molar-refractivity contribution in [3.63, 3.8) is 0 Å². The third-order valence-corrected chi connectivity index (χ3v) is 5.70. The van der Waals surface area contributed by atoms with Gasteiger partial charge >= 0.3 is 12.2 Å². The molecule has 36 heavy (non-hydrogen) atoms. The second-order valence-corrected chi connectivity index (χ2v) is 8.28. The first kappa shape index (κ1) is 25.5. The van der Waals surface area contributed by atoms with Gasteiger partial charge in [-0.2, -0.15) is 18.2 Å². The Labute approximate surface area is 202 Å². The molecule has 2 amide bonds. The highest BCUT2D eigenvalue weighted by molar-refractivity contribution is 6.04. The predicted molar refractivity (Wildman–Crippen MR) is 118 cm³/mol. The third kappa shape index (κ3) is 5.47. The smallest absolute Gasteiger partial charge is 0.414 e. The number of fused-ring (bicyclic) bond motifs is 4. The van der Waals surface area contributed by atoms with E-state index >= 15 is 0 Å². The minimum atomic E-state index is -4.95. The van der Waals surface area contributed by atoms with Crippen LogP contribution >= 0.6 is 0 Å². The maximum Gasteiger partial charge on any atom is 0.414 e. The van der Waals surface area contributed by atoms with Gasteiger partial charge in [-0.25, -0.2) is 14.8 Å². The zero-order valence-electron chi connectivity index (χ0n) is 18.7. The van der Waals surface area contributed by atoms with Gasteiger partial charge in [0.1, 0.15) is 18.4 Å². The number of aliphatic hydroxyl groups is 3.